The lowest BCUT2D eigenvalue weighted by molar-refractivity contribution is 0.530. The van der Waals surface area contributed by atoms with Crippen LogP contribution in [0, 0.1) is 5.92 Å². The van der Waals surface area contributed by atoms with E-state index >= 15 is 0 Å². The molecule has 0 atom stereocenters. The van der Waals surface area contributed by atoms with Crippen LogP contribution in [0.2, 0.25) is 5.02 Å². The molecule has 0 saturated carbocycles. The maximum absolute atomic E-state index is 12.2. The number of nitrogens with two attached hydrogens (primary N) is 1. The minimum absolute atomic E-state index is 0.0753. The van der Waals surface area contributed by atoms with Crippen molar-refractivity contribution in [2.75, 3.05) is 12.3 Å². The van der Waals surface area contributed by atoms with Crippen molar-refractivity contribution in [1.29, 1.82) is 0 Å². The fourth-order valence-corrected chi connectivity index (χ4v) is 4.11. The molecule has 0 radical (unpaired) electrons. The van der Waals surface area contributed by atoms with E-state index in [1.54, 1.807) is 0 Å². The Labute approximate surface area is 134 Å². The SMILES string of the molecule is CC(C)CCCCNS(=O)(=O)c1cc(Cl)cc(N)c1Br. The number of halogens is 2. The molecule has 0 aliphatic heterocycles. The molecule has 0 aliphatic rings. The fourth-order valence-electron chi connectivity index (χ4n) is 1.74. The maximum Gasteiger partial charge on any atom is 0.241 e. The van der Waals surface area contributed by atoms with Gasteiger partial charge in [-0.3, -0.25) is 0 Å². The molecule has 0 fully saturated rings. The van der Waals surface area contributed by atoms with Crippen molar-refractivity contribution in [2.45, 2.75) is 38.0 Å². The van der Waals surface area contributed by atoms with Gasteiger partial charge in [-0.05, 0) is 40.4 Å². The first-order valence-corrected chi connectivity index (χ1v) is 9.13. The number of hydrogen-bond acceptors (Lipinski definition) is 3. The van der Waals surface area contributed by atoms with Gasteiger partial charge in [-0.1, -0.05) is 38.3 Å². The van der Waals surface area contributed by atoms with Crippen LogP contribution in [-0.4, -0.2) is 15.0 Å². The van der Waals surface area contributed by atoms with Crippen LogP contribution in [0.5, 0.6) is 0 Å². The average Bonchev–Trinajstić information content (AvgIpc) is 2.32. The standard InChI is InChI=1S/C13H20BrClN2O2S/c1-9(2)5-3-4-6-17-20(18,19)12-8-10(15)7-11(16)13(12)14/h7-9,17H,3-6,16H2,1-2H3. The molecule has 7 heteroatoms. The summed E-state index contributed by atoms with van der Waals surface area (Å²) in [6.07, 6.45) is 2.90. The molecule has 0 unspecified atom stereocenters. The molecule has 4 nitrogen and oxygen atoms in total. The monoisotopic (exact) mass is 382 g/mol. The van der Waals surface area contributed by atoms with Gasteiger partial charge in [0.15, 0.2) is 0 Å². The first-order valence-electron chi connectivity index (χ1n) is 6.48. The number of sulfonamides is 1. The van der Waals surface area contributed by atoms with E-state index in [9.17, 15) is 8.42 Å². The molecule has 1 aromatic carbocycles. The third-order valence-electron chi connectivity index (χ3n) is 2.82. The quantitative estimate of drug-likeness (QED) is 0.556. The lowest BCUT2D eigenvalue weighted by atomic mass is 10.1. The highest BCUT2D eigenvalue weighted by molar-refractivity contribution is 9.10. The van der Waals surface area contributed by atoms with Crippen molar-refractivity contribution in [3.8, 4) is 0 Å². The Balaban J connectivity index is 2.70. The third kappa shape index (κ3) is 5.24. The smallest absolute Gasteiger partial charge is 0.241 e. The van der Waals surface area contributed by atoms with Crippen molar-refractivity contribution in [2.24, 2.45) is 5.92 Å². The highest BCUT2D eigenvalue weighted by Gasteiger charge is 2.19. The summed E-state index contributed by atoms with van der Waals surface area (Å²) in [4.78, 5) is 0.0753. The second kappa shape index (κ2) is 7.64. The van der Waals surface area contributed by atoms with Crippen LogP contribution in [-0.2, 0) is 10.0 Å². The Morgan fingerprint density at radius 2 is 2.00 bits per heavy atom. The van der Waals surface area contributed by atoms with Crippen molar-refractivity contribution in [1.82, 2.24) is 4.72 Å². The molecular formula is C13H20BrClN2O2S. The molecular weight excluding hydrogens is 364 g/mol. The zero-order valence-corrected chi connectivity index (χ0v) is 14.8. The number of nitrogens with one attached hydrogen (secondary N) is 1. The van der Waals surface area contributed by atoms with Crippen LogP contribution in [0.25, 0.3) is 0 Å². The number of nitrogen functional groups attached to an aromatic ring is 1. The molecule has 1 aromatic rings. The Kier molecular flexibility index (Phi) is 6.78. The van der Waals surface area contributed by atoms with Gasteiger partial charge >= 0.3 is 0 Å². The van der Waals surface area contributed by atoms with Gasteiger partial charge in [-0.2, -0.15) is 0 Å². The highest BCUT2D eigenvalue weighted by atomic mass is 79.9. The number of rotatable bonds is 7. The van der Waals surface area contributed by atoms with Gasteiger partial charge in [-0.15, -0.1) is 0 Å². The van der Waals surface area contributed by atoms with Gasteiger partial charge in [0.25, 0.3) is 0 Å². The Bertz CT molecular complexity index is 562. The second-order valence-corrected chi connectivity index (χ2v) is 8.06. The summed E-state index contributed by atoms with van der Waals surface area (Å²) in [5.41, 5.74) is 6.01. The van der Waals surface area contributed by atoms with Gasteiger partial charge in [0.2, 0.25) is 10.0 Å². The fraction of sp³-hybridized carbons (Fsp3) is 0.538. The predicted molar refractivity (Wildman–Crippen MR) is 87.4 cm³/mol. The number of benzene rings is 1. The number of anilines is 1. The van der Waals surface area contributed by atoms with Gasteiger partial charge in [0.1, 0.15) is 0 Å². The van der Waals surface area contributed by atoms with Gasteiger partial charge < -0.3 is 5.73 Å². The highest BCUT2D eigenvalue weighted by Crippen LogP contribution is 2.31. The van der Waals surface area contributed by atoms with E-state index in [0.717, 1.165) is 19.3 Å². The van der Waals surface area contributed by atoms with Gasteiger partial charge in [0, 0.05) is 17.3 Å². The largest absolute Gasteiger partial charge is 0.398 e. The van der Waals surface area contributed by atoms with E-state index < -0.39 is 10.0 Å². The van der Waals surface area contributed by atoms with Crippen LogP contribution in [0.4, 0.5) is 5.69 Å². The molecule has 0 aromatic heterocycles. The molecule has 0 bridgehead atoms. The van der Waals surface area contributed by atoms with Crippen molar-refractivity contribution in [3.63, 3.8) is 0 Å². The normalized spacial score (nSPS) is 12.1. The van der Waals surface area contributed by atoms with E-state index in [1.807, 2.05) is 0 Å². The Morgan fingerprint density at radius 1 is 1.35 bits per heavy atom. The van der Waals surface area contributed by atoms with Crippen LogP contribution in [0.1, 0.15) is 33.1 Å². The van der Waals surface area contributed by atoms with Crippen LogP contribution in [0.15, 0.2) is 21.5 Å². The molecule has 0 amide bonds. The topological polar surface area (TPSA) is 72.2 Å². The first-order chi connectivity index (χ1) is 9.24. The van der Waals surface area contributed by atoms with Gasteiger partial charge in [0.05, 0.1) is 9.37 Å². The molecule has 114 valence electrons. The molecule has 20 heavy (non-hydrogen) atoms. The van der Waals surface area contributed by atoms with Gasteiger partial charge in [-0.25, -0.2) is 13.1 Å². The lowest BCUT2D eigenvalue weighted by Gasteiger charge is -2.11. The van der Waals surface area contributed by atoms with E-state index in [4.69, 9.17) is 17.3 Å². The van der Waals surface area contributed by atoms with Crippen molar-refractivity contribution >= 4 is 43.2 Å². The summed E-state index contributed by atoms with van der Waals surface area (Å²) in [6, 6.07) is 2.89. The summed E-state index contributed by atoms with van der Waals surface area (Å²) in [5, 5.41) is 0.297. The molecule has 0 spiro atoms. The van der Waals surface area contributed by atoms with Crippen molar-refractivity contribution < 1.29 is 8.42 Å². The summed E-state index contributed by atoms with van der Waals surface area (Å²) < 4.78 is 27.3. The number of unbranched alkanes of at least 4 members (excludes halogenated alkanes) is 1. The molecule has 0 saturated heterocycles. The predicted octanol–water partition coefficient (Wildman–Crippen LogP) is 3.79. The summed E-state index contributed by atoms with van der Waals surface area (Å²) in [6.45, 7) is 4.71. The zero-order chi connectivity index (χ0) is 15.3. The minimum Gasteiger partial charge on any atom is -0.398 e. The molecule has 3 N–H and O–H groups in total. The summed E-state index contributed by atoms with van der Waals surface area (Å²) in [7, 11) is -3.60. The number of hydrogen-bond donors (Lipinski definition) is 2. The van der Waals surface area contributed by atoms with E-state index in [-0.39, 0.29) is 4.90 Å². The van der Waals surface area contributed by atoms with Crippen molar-refractivity contribution in [3.05, 3.63) is 21.6 Å². The maximum atomic E-state index is 12.2. The van der Waals surface area contributed by atoms with E-state index in [2.05, 4.69) is 34.5 Å². The molecule has 1 rings (SSSR count). The second-order valence-electron chi connectivity index (χ2n) is 5.09. The van der Waals surface area contributed by atoms with Crippen LogP contribution in [0.3, 0.4) is 0 Å². The third-order valence-corrected chi connectivity index (χ3v) is 5.67. The van der Waals surface area contributed by atoms with E-state index in [0.29, 0.717) is 27.6 Å². The Hall–Kier alpha value is -0.300. The lowest BCUT2D eigenvalue weighted by Crippen LogP contribution is -2.25. The molecule has 0 heterocycles. The van der Waals surface area contributed by atoms with Crippen LogP contribution < -0.4 is 10.5 Å². The summed E-state index contributed by atoms with van der Waals surface area (Å²) >= 11 is 9.04. The minimum atomic E-state index is -3.60. The van der Waals surface area contributed by atoms with Crippen LogP contribution >= 0.6 is 27.5 Å². The first kappa shape index (κ1) is 17.8. The Morgan fingerprint density at radius 3 is 2.60 bits per heavy atom. The summed E-state index contributed by atoms with van der Waals surface area (Å²) in [5.74, 6) is 0.633. The van der Waals surface area contributed by atoms with E-state index in [1.165, 1.54) is 12.1 Å². The average molecular weight is 384 g/mol. The zero-order valence-electron chi connectivity index (χ0n) is 11.6. The molecule has 0 aliphatic carbocycles.